The Kier molecular flexibility index (Phi) is 2.88. The Labute approximate surface area is 68.1 Å². The molecule has 0 aliphatic heterocycles. The summed E-state index contributed by atoms with van der Waals surface area (Å²) in [6, 6.07) is 1.13. The van der Waals surface area contributed by atoms with Gasteiger partial charge < -0.3 is 11.1 Å². The fourth-order valence-corrected chi connectivity index (χ4v) is 1.63. The lowest BCUT2D eigenvalue weighted by Crippen LogP contribution is -2.22. The molecule has 0 heterocycles. The third-order valence-electron chi connectivity index (χ3n) is 2.20. The molecule has 1 fully saturated rings. The average Bonchev–Trinajstić information content (AvgIpc) is 2.34. The maximum Gasteiger partial charge on any atom is 0.0909 e. The molecule has 2 unspecified atom stereocenters. The van der Waals surface area contributed by atoms with Gasteiger partial charge in [-0.2, -0.15) is 0 Å². The second-order valence-electron chi connectivity index (χ2n) is 3.22. The molecule has 1 rings (SSSR count). The highest BCUT2D eigenvalue weighted by atomic mass is 14.9. The molecule has 0 aromatic heterocycles. The quantitative estimate of drug-likeness (QED) is 0.451. The van der Waals surface area contributed by atoms with E-state index in [0.717, 1.165) is 6.42 Å². The van der Waals surface area contributed by atoms with Crippen LogP contribution in [0, 0.1) is 0 Å². The predicted octanol–water partition coefficient (Wildman–Crippen LogP) is 0.504. The fourth-order valence-electron chi connectivity index (χ4n) is 1.63. The van der Waals surface area contributed by atoms with E-state index in [1.807, 2.05) is 14.0 Å². The Bertz CT molecular complexity index is 149. The van der Waals surface area contributed by atoms with Crippen molar-refractivity contribution in [1.82, 2.24) is 5.32 Å². The molecule has 0 bridgehead atoms. The van der Waals surface area contributed by atoms with Crippen LogP contribution in [0.2, 0.25) is 0 Å². The highest BCUT2D eigenvalue weighted by Crippen LogP contribution is 2.21. The molecule has 0 saturated heterocycles. The molecule has 64 valence electrons. The molecule has 3 N–H and O–H groups in total. The van der Waals surface area contributed by atoms with Crippen molar-refractivity contribution in [3.63, 3.8) is 0 Å². The summed E-state index contributed by atoms with van der Waals surface area (Å²) in [5, 5.41) is 3.26. The molecule has 0 aromatic carbocycles. The van der Waals surface area contributed by atoms with Crippen LogP contribution >= 0.6 is 0 Å². The van der Waals surface area contributed by atoms with E-state index in [-0.39, 0.29) is 0 Å². The van der Waals surface area contributed by atoms with Crippen LogP contribution in [0.5, 0.6) is 0 Å². The molecule has 0 spiro atoms. The molecule has 0 radical (unpaired) electrons. The second kappa shape index (κ2) is 3.72. The molecule has 1 saturated carbocycles. The van der Waals surface area contributed by atoms with E-state index >= 15 is 0 Å². The minimum atomic E-state index is 0.470. The van der Waals surface area contributed by atoms with Gasteiger partial charge in [0.1, 0.15) is 0 Å². The zero-order chi connectivity index (χ0) is 8.27. The maximum atomic E-state index is 5.49. The van der Waals surface area contributed by atoms with Crippen molar-refractivity contribution in [3.05, 3.63) is 0 Å². The van der Waals surface area contributed by atoms with Gasteiger partial charge in [0, 0.05) is 6.04 Å². The zero-order valence-electron chi connectivity index (χ0n) is 7.30. The van der Waals surface area contributed by atoms with Gasteiger partial charge in [-0.05, 0) is 33.2 Å². The van der Waals surface area contributed by atoms with Crippen molar-refractivity contribution >= 4 is 5.84 Å². The Morgan fingerprint density at radius 1 is 1.55 bits per heavy atom. The molecule has 0 aromatic rings. The number of nitrogens with two attached hydrogens (primary N) is 1. The summed E-state index contributed by atoms with van der Waals surface area (Å²) in [5.74, 6) is 0.715. The van der Waals surface area contributed by atoms with Gasteiger partial charge in [0.15, 0.2) is 0 Å². The summed E-state index contributed by atoms with van der Waals surface area (Å²) < 4.78 is 0. The first-order chi connectivity index (χ1) is 5.22. The van der Waals surface area contributed by atoms with Crippen LogP contribution in [0.3, 0.4) is 0 Å². The summed E-state index contributed by atoms with van der Waals surface area (Å²) in [6.07, 6.45) is 3.56. The van der Waals surface area contributed by atoms with Crippen molar-refractivity contribution in [3.8, 4) is 0 Å². The van der Waals surface area contributed by atoms with Crippen LogP contribution in [0.4, 0.5) is 0 Å². The minimum Gasteiger partial charge on any atom is -0.388 e. The van der Waals surface area contributed by atoms with Crippen molar-refractivity contribution < 1.29 is 0 Å². The number of rotatable bonds is 2. The number of aliphatic imine (C=N–C) groups is 1. The monoisotopic (exact) mass is 155 g/mol. The number of hydrogen-bond acceptors (Lipinski definition) is 2. The minimum absolute atomic E-state index is 0.470. The SMILES string of the molecule is CNC1CCC(N=C(C)N)C1. The smallest absolute Gasteiger partial charge is 0.0909 e. The van der Waals surface area contributed by atoms with Crippen LogP contribution in [0.15, 0.2) is 4.99 Å². The van der Waals surface area contributed by atoms with Crippen LogP contribution in [0.25, 0.3) is 0 Å². The third-order valence-corrected chi connectivity index (χ3v) is 2.20. The van der Waals surface area contributed by atoms with E-state index < -0.39 is 0 Å². The van der Waals surface area contributed by atoms with Crippen LogP contribution in [-0.2, 0) is 0 Å². The van der Waals surface area contributed by atoms with E-state index in [1.54, 1.807) is 0 Å². The first kappa shape index (κ1) is 8.53. The van der Waals surface area contributed by atoms with Crippen LogP contribution in [-0.4, -0.2) is 25.0 Å². The Hall–Kier alpha value is -0.570. The van der Waals surface area contributed by atoms with Gasteiger partial charge in [-0.3, -0.25) is 4.99 Å². The largest absolute Gasteiger partial charge is 0.388 e. The van der Waals surface area contributed by atoms with Gasteiger partial charge in [-0.25, -0.2) is 0 Å². The summed E-state index contributed by atoms with van der Waals surface area (Å²) >= 11 is 0. The molecule has 2 atom stereocenters. The maximum absolute atomic E-state index is 5.49. The molecular formula is C8H17N3. The van der Waals surface area contributed by atoms with Gasteiger partial charge in [0.25, 0.3) is 0 Å². The number of nitrogens with zero attached hydrogens (tertiary/aromatic N) is 1. The summed E-state index contributed by atoms with van der Waals surface area (Å²) in [7, 11) is 2.01. The highest BCUT2D eigenvalue weighted by molar-refractivity contribution is 5.77. The van der Waals surface area contributed by atoms with Gasteiger partial charge in [-0.15, -0.1) is 0 Å². The molecule has 3 nitrogen and oxygen atoms in total. The van der Waals surface area contributed by atoms with Crippen molar-refractivity contribution in [2.24, 2.45) is 10.7 Å². The molecule has 1 aliphatic carbocycles. The molecule has 3 heteroatoms. The van der Waals surface area contributed by atoms with Gasteiger partial charge in [0.2, 0.25) is 0 Å². The lowest BCUT2D eigenvalue weighted by atomic mass is 10.2. The van der Waals surface area contributed by atoms with Crippen molar-refractivity contribution in [2.45, 2.75) is 38.3 Å². The second-order valence-corrected chi connectivity index (χ2v) is 3.22. The standard InChI is InChI=1S/C8H17N3/c1-6(9)11-8-4-3-7(5-8)10-2/h7-8,10H,3-5H2,1-2H3,(H2,9,11). The van der Waals surface area contributed by atoms with E-state index in [1.165, 1.54) is 12.8 Å². The first-order valence-corrected chi connectivity index (χ1v) is 4.19. The third kappa shape index (κ3) is 2.50. The lowest BCUT2D eigenvalue weighted by molar-refractivity contribution is 0.570. The Balaban J connectivity index is 2.36. The van der Waals surface area contributed by atoms with E-state index in [9.17, 15) is 0 Å². The summed E-state index contributed by atoms with van der Waals surface area (Å²) in [6.45, 7) is 1.85. The number of nitrogens with one attached hydrogen (secondary N) is 1. The first-order valence-electron chi connectivity index (χ1n) is 4.19. The molecular weight excluding hydrogens is 138 g/mol. The van der Waals surface area contributed by atoms with Gasteiger partial charge in [0.05, 0.1) is 11.9 Å². The van der Waals surface area contributed by atoms with Crippen LogP contribution in [0.1, 0.15) is 26.2 Å². The molecule has 1 aliphatic rings. The summed E-state index contributed by atoms with van der Waals surface area (Å²) in [5.41, 5.74) is 5.49. The topological polar surface area (TPSA) is 50.4 Å². The predicted molar refractivity (Wildman–Crippen MR) is 47.8 cm³/mol. The Morgan fingerprint density at radius 2 is 2.27 bits per heavy atom. The van der Waals surface area contributed by atoms with E-state index in [4.69, 9.17) is 5.73 Å². The van der Waals surface area contributed by atoms with Gasteiger partial charge >= 0.3 is 0 Å². The number of hydrogen-bond donors (Lipinski definition) is 2. The van der Waals surface area contributed by atoms with Crippen molar-refractivity contribution in [2.75, 3.05) is 7.05 Å². The van der Waals surface area contributed by atoms with Crippen LogP contribution < -0.4 is 11.1 Å². The lowest BCUT2D eigenvalue weighted by Gasteiger charge is -2.06. The zero-order valence-corrected chi connectivity index (χ0v) is 7.30. The van der Waals surface area contributed by atoms with E-state index in [2.05, 4.69) is 10.3 Å². The van der Waals surface area contributed by atoms with E-state index in [0.29, 0.717) is 17.9 Å². The highest BCUT2D eigenvalue weighted by Gasteiger charge is 2.22. The number of amidine groups is 1. The molecule has 11 heavy (non-hydrogen) atoms. The van der Waals surface area contributed by atoms with Crippen molar-refractivity contribution in [1.29, 1.82) is 0 Å². The normalized spacial score (nSPS) is 32.7. The Morgan fingerprint density at radius 3 is 2.73 bits per heavy atom. The average molecular weight is 155 g/mol. The fraction of sp³-hybridized carbons (Fsp3) is 0.875. The molecule has 0 amide bonds. The summed E-state index contributed by atoms with van der Waals surface area (Å²) in [4.78, 5) is 4.33. The van der Waals surface area contributed by atoms with Gasteiger partial charge in [-0.1, -0.05) is 0 Å².